The quantitative estimate of drug-likeness (QED) is 0.797. The molecule has 1 aromatic carbocycles. The molecule has 132 valence electrons. The van der Waals surface area contributed by atoms with Crippen molar-refractivity contribution in [2.24, 2.45) is 0 Å². The number of morpholine rings is 1. The molecule has 1 aromatic rings. The van der Waals surface area contributed by atoms with Gasteiger partial charge < -0.3 is 14.0 Å². The van der Waals surface area contributed by atoms with Crippen LogP contribution in [0.3, 0.4) is 0 Å². The first kappa shape index (κ1) is 17.9. The van der Waals surface area contributed by atoms with Gasteiger partial charge in [-0.3, -0.25) is 4.90 Å². The largest absolute Gasteiger partial charge is 0.494 e. The summed E-state index contributed by atoms with van der Waals surface area (Å²) in [6.07, 6.45) is 0. The Bertz CT molecular complexity index is 567. The van der Waals surface area contributed by atoms with E-state index in [1.165, 1.54) is 5.56 Å². The van der Waals surface area contributed by atoms with Crippen LogP contribution in [0.1, 0.15) is 47.1 Å². The molecule has 0 radical (unpaired) electrons. The minimum absolute atomic E-state index is 0.0547. The van der Waals surface area contributed by atoms with Crippen LogP contribution in [0, 0.1) is 0 Å². The topological polar surface area (TPSA) is 30.9 Å². The third-order valence-corrected chi connectivity index (χ3v) is 5.42. The van der Waals surface area contributed by atoms with Crippen LogP contribution in [0.15, 0.2) is 24.3 Å². The number of nitrogens with zero attached hydrogens (tertiary/aromatic N) is 1. The molecule has 5 heteroatoms. The summed E-state index contributed by atoms with van der Waals surface area (Å²) in [5.74, 6) is 0. The Kier molecular flexibility index (Phi) is 4.58. The fourth-order valence-corrected chi connectivity index (χ4v) is 3.27. The lowest BCUT2D eigenvalue weighted by molar-refractivity contribution is -0.0882. The SMILES string of the molecule is CC1(C)CN(Cc2ccc(B3OC(C)(C)C(C)(C)O3)cc2)CCO1. The molecule has 0 amide bonds. The van der Waals surface area contributed by atoms with E-state index in [0.717, 1.165) is 31.7 Å². The van der Waals surface area contributed by atoms with E-state index >= 15 is 0 Å². The summed E-state index contributed by atoms with van der Waals surface area (Å²) in [6.45, 7) is 16.4. The van der Waals surface area contributed by atoms with E-state index in [1.807, 2.05) is 0 Å². The highest BCUT2D eigenvalue weighted by molar-refractivity contribution is 6.62. The van der Waals surface area contributed by atoms with Gasteiger partial charge in [0.1, 0.15) is 0 Å². The van der Waals surface area contributed by atoms with Gasteiger partial charge in [0.25, 0.3) is 0 Å². The third kappa shape index (κ3) is 3.69. The number of benzene rings is 1. The van der Waals surface area contributed by atoms with Crippen molar-refractivity contribution in [3.63, 3.8) is 0 Å². The standard InChI is InChI=1S/C19H30BNO3/c1-17(2)14-21(11-12-22-17)13-15-7-9-16(10-8-15)20-23-18(3,4)19(5,6)24-20/h7-10H,11-14H2,1-6H3. The van der Waals surface area contributed by atoms with E-state index < -0.39 is 0 Å². The summed E-state index contributed by atoms with van der Waals surface area (Å²) in [7, 11) is -0.286. The zero-order valence-electron chi connectivity index (χ0n) is 15.9. The second-order valence-corrected chi connectivity index (χ2v) is 8.65. The summed E-state index contributed by atoms with van der Waals surface area (Å²) < 4.78 is 18.0. The van der Waals surface area contributed by atoms with Gasteiger partial charge in [-0.15, -0.1) is 0 Å². The molecule has 2 fully saturated rings. The Hall–Kier alpha value is -0.875. The molecular formula is C19H30BNO3. The lowest BCUT2D eigenvalue weighted by Gasteiger charge is -2.38. The number of rotatable bonds is 3. The highest BCUT2D eigenvalue weighted by atomic mass is 16.7. The van der Waals surface area contributed by atoms with Crippen molar-refractivity contribution < 1.29 is 14.0 Å². The zero-order valence-corrected chi connectivity index (χ0v) is 15.9. The molecule has 0 atom stereocenters. The Morgan fingerprint density at radius 3 is 2.08 bits per heavy atom. The highest BCUT2D eigenvalue weighted by Gasteiger charge is 2.51. The van der Waals surface area contributed by atoms with Gasteiger partial charge in [-0.1, -0.05) is 24.3 Å². The van der Waals surface area contributed by atoms with Crippen LogP contribution in [-0.2, 0) is 20.6 Å². The summed E-state index contributed by atoms with van der Waals surface area (Å²) in [5, 5.41) is 0. The van der Waals surface area contributed by atoms with Crippen molar-refractivity contribution in [2.75, 3.05) is 19.7 Å². The van der Waals surface area contributed by atoms with Gasteiger partial charge >= 0.3 is 7.12 Å². The van der Waals surface area contributed by atoms with E-state index in [0.29, 0.717) is 0 Å². The van der Waals surface area contributed by atoms with E-state index in [4.69, 9.17) is 14.0 Å². The minimum atomic E-state index is -0.296. The van der Waals surface area contributed by atoms with Crippen molar-refractivity contribution >= 4 is 12.6 Å². The average Bonchev–Trinajstić information content (AvgIpc) is 2.67. The second kappa shape index (κ2) is 6.13. The lowest BCUT2D eigenvalue weighted by Crippen LogP contribution is -2.47. The number of hydrogen-bond acceptors (Lipinski definition) is 4. The molecule has 0 unspecified atom stereocenters. The van der Waals surface area contributed by atoms with E-state index in [9.17, 15) is 0 Å². The lowest BCUT2D eigenvalue weighted by atomic mass is 9.79. The summed E-state index contributed by atoms with van der Waals surface area (Å²) >= 11 is 0. The highest BCUT2D eigenvalue weighted by Crippen LogP contribution is 2.36. The van der Waals surface area contributed by atoms with Gasteiger partial charge in [0.15, 0.2) is 0 Å². The van der Waals surface area contributed by atoms with E-state index in [1.54, 1.807) is 0 Å². The second-order valence-electron chi connectivity index (χ2n) is 8.65. The van der Waals surface area contributed by atoms with Crippen LogP contribution in [0.25, 0.3) is 0 Å². The van der Waals surface area contributed by atoms with Gasteiger partial charge in [0, 0.05) is 19.6 Å². The molecule has 0 spiro atoms. The van der Waals surface area contributed by atoms with Crippen LogP contribution in [0.2, 0.25) is 0 Å². The predicted octanol–water partition coefficient (Wildman–Crippen LogP) is 2.60. The van der Waals surface area contributed by atoms with E-state index in [-0.39, 0.29) is 23.9 Å². The van der Waals surface area contributed by atoms with Gasteiger partial charge in [-0.25, -0.2) is 0 Å². The summed E-state index contributed by atoms with van der Waals surface area (Å²) in [6, 6.07) is 8.62. The Morgan fingerprint density at radius 2 is 1.54 bits per heavy atom. The molecule has 0 aliphatic carbocycles. The van der Waals surface area contributed by atoms with Crippen LogP contribution in [-0.4, -0.2) is 48.5 Å². The van der Waals surface area contributed by atoms with Crippen LogP contribution < -0.4 is 5.46 Å². The van der Waals surface area contributed by atoms with Crippen molar-refractivity contribution in [3.8, 4) is 0 Å². The molecular weight excluding hydrogens is 301 g/mol. The maximum absolute atomic E-state index is 6.12. The third-order valence-electron chi connectivity index (χ3n) is 5.42. The fourth-order valence-electron chi connectivity index (χ4n) is 3.27. The Morgan fingerprint density at radius 1 is 0.958 bits per heavy atom. The molecule has 0 saturated carbocycles. The minimum Gasteiger partial charge on any atom is -0.399 e. The molecule has 2 saturated heterocycles. The zero-order chi connectivity index (χ0) is 17.6. The van der Waals surface area contributed by atoms with Crippen molar-refractivity contribution in [2.45, 2.75) is 64.9 Å². The molecule has 0 aromatic heterocycles. The fraction of sp³-hybridized carbons (Fsp3) is 0.684. The molecule has 0 bridgehead atoms. The maximum Gasteiger partial charge on any atom is 0.494 e. The average molecular weight is 331 g/mol. The van der Waals surface area contributed by atoms with Crippen LogP contribution >= 0.6 is 0 Å². The smallest absolute Gasteiger partial charge is 0.399 e. The Labute approximate surface area is 146 Å². The first-order valence-electron chi connectivity index (χ1n) is 8.89. The van der Waals surface area contributed by atoms with Gasteiger partial charge in [0.05, 0.1) is 23.4 Å². The van der Waals surface area contributed by atoms with Gasteiger partial charge in [-0.2, -0.15) is 0 Å². The summed E-state index contributed by atoms with van der Waals surface area (Å²) in [5.41, 5.74) is 1.75. The molecule has 2 aliphatic heterocycles. The van der Waals surface area contributed by atoms with Crippen molar-refractivity contribution in [3.05, 3.63) is 29.8 Å². The molecule has 24 heavy (non-hydrogen) atoms. The van der Waals surface area contributed by atoms with Gasteiger partial charge in [-0.05, 0) is 52.6 Å². The monoisotopic (exact) mass is 331 g/mol. The van der Waals surface area contributed by atoms with E-state index in [2.05, 4.69) is 70.7 Å². The normalized spacial score (nSPS) is 25.8. The number of ether oxygens (including phenoxy) is 1. The molecule has 4 nitrogen and oxygen atoms in total. The van der Waals surface area contributed by atoms with Crippen LogP contribution in [0.4, 0.5) is 0 Å². The van der Waals surface area contributed by atoms with Gasteiger partial charge in [0.2, 0.25) is 0 Å². The summed E-state index contributed by atoms with van der Waals surface area (Å²) in [4.78, 5) is 2.45. The Balaban J connectivity index is 1.64. The molecule has 0 N–H and O–H groups in total. The van der Waals surface area contributed by atoms with Crippen molar-refractivity contribution in [1.29, 1.82) is 0 Å². The molecule has 3 rings (SSSR count). The molecule has 2 heterocycles. The maximum atomic E-state index is 6.12. The van der Waals surface area contributed by atoms with Crippen molar-refractivity contribution in [1.82, 2.24) is 4.90 Å². The van der Waals surface area contributed by atoms with Crippen LogP contribution in [0.5, 0.6) is 0 Å². The first-order valence-corrected chi connectivity index (χ1v) is 8.89. The molecule has 2 aliphatic rings. The first-order chi connectivity index (χ1) is 11.1. The predicted molar refractivity (Wildman–Crippen MR) is 97.5 cm³/mol. The number of hydrogen-bond donors (Lipinski definition) is 0.